The number of halogens is 1. The van der Waals surface area contributed by atoms with Crippen molar-refractivity contribution in [3.05, 3.63) is 105 Å². The molecule has 0 amide bonds. The monoisotopic (exact) mass is 649 g/mol. The molecule has 0 nitrogen and oxygen atoms in total. The Hall–Kier alpha value is -2.05. The predicted octanol–water partition coefficient (Wildman–Crippen LogP) is 16.0. The lowest BCUT2D eigenvalue weighted by atomic mass is 10.0. The quantitative estimate of drug-likeness (QED) is 0.0682. The van der Waals surface area contributed by atoms with Gasteiger partial charge in [0.05, 0.1) is 0 Å². The van der Waals surface area contributed by atoms with Crippen LogP contribution in [0, 0.1) is 0 Å². The molecule has 46 heavy (non-hydrogen) atoms. The molecular weight excluding hydrogens is 576 g/mol. The molecule has 260 valence electrons. The normalized spacial score (nSPS) is 14.8. The maximum Gasteiger partial charge on any atom is 0.0406 e. The molecule has 0 aliphatic rings. The molecule has 0 saturated carbocycles. The van der Waals surface area contributed by atoms with Crippen molar-refractivity contribution >= 4 is 11.6 Å². The first-order chi connectivity index (χ1) is 21.9. The minimum absolute atomic E-state index is 0.623. The second-order valence-electron chi connectivity index (χ2n) is 14.1. The Bertz CT molecular complexity index is 1100. The van der Waals surface area contributed by atoms with Crippen molar-refractivity contribution in [3.8, 4) is 0 Å². The Morgan fingerprint density at radius 1 is 0.283 bits per heavy atom. The highest BCUT2D eigenvalue weighted by molar-refractivity contribution is 6.18. The zero-order chi connectivity index (χ0) is 34.6. The van der Waals surface area contributed by atoms with Crippen molar-refractivity contribution < 1.29 is 0 Å². The van der Waals surface area contributed by atoms with E-state index < -0.39 is 0 Å². The van der Waals surface area contributed by atoms with Crippen LogP contribution in [0.5, 0.6) is 0 Å². The van der Waals surface area contributed by atoms with Crippen LogP contribution >= 0.6 is 11.6 Å². The number of alkyl halides is 1. The molecule has 0 atom stereocenters. The van der Waals surface area contributed by atoms with E-state index in [1.165, 1.54) is 108 Å². The summed E-state index contributed by atoms with van der Waals surface area (Å²) in [5, 5.41) is 0. The lowest BCUT2D eigenvalue weighted by Crippen LogP contribution is -1.84. The molecule has 1 heteroatoms. The van der Waals surface area contributed by atoms with Gasteiger partial charge in [-0.15, -0.1) is 11.6 Å². The standard InChI is InChI=1S/C45H73Cl/c1-37(2)19-11-20-38(3)21-12-22-39(4)23-13-24-40(5)25-14-26-41(6)27-15-28-42(7)29-16-30-43(8)31-17-32-44(9)33-18-34-45(10)35-36-46/h19,21,23,25,27,29,31,33,35H,11-18,20,22,24,26,28,30,32,34,36H2,1-10H3/b38-21+,39-23+,40-25+,41-27+,42-29+,43-31+,44-33+,45-35+. The van der Waals surface area contributed by atoms with Crippen LogP contribution in [0.4, 0.5) is 0 Å². The molecule has 0 bridgehead atoms. The van der Waals surface area contributed by atoms with E-state index in [4.69, 9.17) is 11.6 Å². The number of rotatable bonds is 25. The first kappa shape index (κ1) is 43.9. The smallest absolute Gasteiger partial charge is 0.0406 e. The zero-order valence-corrected chi connectivity index (χ0v) is 32.9. The molecule has 0 N–H and O–H groups in total. The van der Waals surface area contributed by atoms with Crippen LogP contribution in [-0.4, -0.2) is 5.88 Å². The van der Waals surface area contributed by atoms with Gasteiger partial charge in [-0.05, 0) is 172 Å². The molecule has 0 radical (unpaired) electrons. The van der Waals surface area contributed by atoms with Crippen LogP contribution < -0.4 is 0 Å². The summed E-state index contributed by atoms with van der Waals surface area (Å²) in [6.07, 6.45) is 40.2. The van der Waals surface area contributed by atoms with Crippen molar-refractivity contribution in [2.45, 2.75) is 172 Å². The van der Waals surface area contributed by atoms with Gasteiger partial charge in [0, 0.05) is 5.88 Å². The fourth-order valence-electron chi connectivity index (χ4n) is 5.36. The predicted molar refractivity (Wildman–Crippen MR) is 214 cm³/mol. The highest BCUT2D eigenvalue weighted by atomic mass is 35.5. The highest BCUT2D eigenvalue weighted by Gasteiger charge is 1.97. The van der Waals surface area contributed by atoms with Gasteiger partial charge in [-0.3, -0.25) is 0 Å². The topological polar surface area (TPSA) is 0 Å². The molecule has 0 aliphatic heterocycles. The van der Waals surface area contributed by atoms with Crippen molar-refractivity contribution in [2.75, 3.05) is 5.88 Å². The van der Waals surface area contributed by atoms with Crippen LogP contribution in [-0.2, 0) is 0 Å². The lowest BCUT2D eigenvalue weighted by Gasteiger charge is -2.04. The molecule has 0 fully saturated rings. The second kappa shape index (κ2) is 29.1. The molecule has 0 aromatic carbocycles. The Morgan fingerprint density at radius 3 is 0.630 bits per heavy atom. The van der Waals surface area contributed by atoms with E-state index >= 15 is 0 Å². The van der Waals surface area contributed by atoms with E-state index in [0.29, 0.717) is 5.88 Å². The van der Waals surface area contributed by atoms with Gasteiger partial charge in [-0.1, -0.05) is 105 Å². The molecule has 0 aliphatic carbocycles. The van der Waals surface area contributed by atoms with Crippen LogP contribution in [0.3, 0.4) is 0 Å². The molecule has 0 rings (SSSR count). The van der Waals surface area contributed by atoms with Gasteiger partial charge in [0.2, 0.25) is 0 Å². The summed E-state index contributed by atoms with van der Waals surface area (Å²) in [5.74, 6) is 0.623. The Morgan fingerprint density at radius 2 is 0.457 bits per heavy atom. The fraction of sp³-hybridized carbons (Fsp3) is 0.600. The molecule has 0 saturated heterocycles. The molecule has 0 aromatic heterocycles. The van der Waals surface area contributed by atoms with Gasteiger partial charge in [0.1, 0.15) is 0 Å². The van der Waals surface area contributed by atoms with E-state index in [-0.39, 0.29) is 0 Å². The molecule has 0 heterocycles. The largest absolute Gasteiger partial charge is 0.122 e. The van der Waals surface area contributed by atoms with Gasteiger partial charge in [-0.2, -0.15) is 0 Å². The van der Waals surface area contributed by atoms with Gasteiger partial charge in [-0.25, -0.2) is 0 Å². The van der Waals surface area contributed by atoms with Crippen LogP contribution in [0.1, 0.15) is 172 Å². The minimum Gasteiger partial charge on any atom is -0.122 e. The highest BCUT2D eigenvalue weighted by Crippen LogP contribution is 2.17. The van der Waals surface area contributed by atoms with Crippen LogP contribution in [0.25, 0.3) is 0 Å². The van der Waals surface area contributed by atoms with Crippen molar-refractivity contribution in [1.29, 1.82) is 0 Å². The summed E-state index contributed by atoms with van der Waals surface area (Å²) in [5.41, 5.74) is 13.5. The third-order valence-corrected chi connectivity index (χ3v) is 8.89. The van der Waals surface area contributed by atoms with Crippen molar-refractivity contribution in [3.63, 3.8) is 0 Å². The van der Waals surface area contributed by atoms with Crippen LogP contribution in [0.15, 0.2) is 105 Å². The first-order valence-corrected chi connectivity index (χ1v) is 18.9. The number of hydrogen-bond donors (Lipinski definition) is 0. The van der Waals surface area contributed by atoms with E-state index in [1.807, 2.05) is 0 Å². The maximum absolute atomic E-state index is 5.78. The molecular formula is C45H73Cl. The van der Waals surface area contributed by atoms with Crippen molar-refractivity contribution in [1.82, 2.24) is 0 Å². The molecule has 0 spiro atoms. The second-order valence-corrected chi connectivity index (χ2v) is 14.5. The molecule has 0 aromatic rings. The summed E-state index contributed by atoms with van der Waals surface area (Å²) in [6.45, 7) is 22.6. The van der Waals surface area contributed by atoms with E-state index in [9.17, 15) is 0 Å². The van der Waals surface area contributed by atoms with Gasteiger partial charge in [0.25, 0.3) is 0 Å². The summed E-state index contributed by atoms with van der Waals surface area (Å²) in [7, 11) is 0. The summed E-state index contributed by atoms with van der Waals surface area (Å²) in [4.78, 5) is 0. The summed E-state index contributed by atoms with van der Waals surface area (Å²) in [6, 6.07) is 0. The Balaban J connectivity index is 4.21. The van der Waals surface area contributed by atoms with E-state index in [2.05, 4.69) is 124 Å². The average molecular weight is 650 g/mol. The molecule has 0 unspecified atom stereocenters. The van der Waals surface area contributed by atoms with E-state index in [0.717, 1.165) is 44.9 Å². The third kappa shape index (κ3) is 29.4. The number of hydrogen-bond acceptors (Lipinski definition) is 0. The van der Waals surface area contributed by atoms with Gasteiger partial charge < -0.3 is 0 Å². The van der Waals surface area contributed by atoms with Gasteiger partial charge in [0.15, 0.2) is 0 Å². The third-order valence-electron chi connectivity index (χ3n) is 8.74. The zero-order valence-electron chi connectivity index (χ0n) is 32.1. The van der Waals surface area contributed by atoms with E-state index in [1.54, 1.807) is 0 Å². The lowest BCUT2D eigenvalue weighted by molar-refractivity contribution is 0.880. The first-order valence-electron chi connectivity index (χ1n) is 18.4. The maximum atomic E-state index is 5.78. The SMILES string of the molecule is CC(C)=CCC/C(C)=C/CC/C(C)=C/CC/C(C)=C/CC/C(C)=C/CC/C(C)=C/CC/C(C)=C/CC/C(C)=C/CC/C(C)=C/CCl. The minimum atomic E-state index is 0.623. The summed E-state index contributed by atoms with van der Waals surface area (Å²) < 4.78 is 0. The van der Waals surface area contributed by atoms with Gasteiger partial charge >= 0.3 is 0 Å². The Labute approximate surface area is 293 Å². The fourth-order valence-corrected chi connectivity index (χ4v) is 5.62. The average Bonchev–Trinajstić information content (AvgIpc) is 2.97. The van der Waals surface area contributed by atoms with Crippen LogP contribution in [0.2, 0.25) is 0 Å². The van der Waals surface area contributed by atoms with Crippen molar-refractivity contribution in [2.24, 2.45) is 0 Å². The number of allylic oxidation sites excluding steroid dienone is 18. The Kier molecular flexibility index (Phi) is 27.8. The summed E-state index contributed by atoms with van der Waals surface area (Å²) >= 11 is 5.78.